The standard InChI is InChI=1S/C18H26FN3O2/c1-24-14-18(23)22-8-4-5-15(13-22)20-9-11-21(12-10-20)17-7-3-2-6-16(17)19/h2-3,6-7,15H,4-5,8-14H2,1H3/t15-/m1/s1. The van der Waals surface area contributed by atoms with E-state index in [1.165, 1.54) is 6.07 Å². The Balaban J connectivity index is 1.54. The van der Waals surface area contributed by atoms with Crippen LogP contribution >= 0.6 is 0 Å². The lowest BCUT2D eigenvalue weighted by atomic mass is 10.0. The number of methoxy groups -OCH3 is 1. The van der Waals surface area contributed by atoms with Gasteiger partial charge in [0.1, 0.15) is 12.4 Å². The average Bonchev–Trinajstić information content (AvgIpc) is 2.63. The topological polar surface area (TPSA) is 36.0 Å². The minimum atomic E-state index is -0.153. The molecule has 6 heteroatoms. The van der Waals surface area contributed by atoms with Gasteiger partial charge >= 0.3 is 0 Å². The van der Waals surface area contributed by atoms with Gasteiger partial charge in [-0.25, -0.2) is 4.39 Å². The molecular weight excluding hydrogens is 309 g/mol. The van der Waals surface area contributed by atoms with Crippen molar-refractivity contribution < 1.29 is 13.9 Å². The Morgan fingerprint density at radius 2 is 1.96 bits per heavy atom. The van der Waals surface area contributed by atoms with Crippen LogP contribution in [0.5, 0.6) is 0 Å². The quantitative estimate of drug-likeness (QED) is 0.837. The maximum Gasteiger partial charge on any atom is 0.248 e. The Bertz CT molecular complexity index is 561. The summed E-state index contributed by atoms with van der Waals surface area (Å²) in [4.78, 5) is 18.5. The third-order valence-electron chi connectivity index (χ3n) is 5.04. The van der Waals surface area contributed by atoms with E-state index in [-0.39, 0.29) is 18.3 Å². The first-order chi connectivity index (χ1) is 11.7. The van der Waals surface area contributed by atoms with Gasteiger partial charge in [0.2, 0.25) is 5.91 Å². The number of likely N-dealkylation sites (tertiary alicyclic amines) is 1. The Kier molecular flexibility index (Phi) is 5.68. The van der Waals surface area contributed by atoms with Crippen LogP contribution in [0, 0.1) is 5.82 Å². The number of nitrogens with zero attached hydrogens (tertiary/aromatic N) is 3. The molecule has 0 unspecified atom stereocenters. The van der Waals surface area contributed by atoms with Gasteiger partial charge in [0, 0.05) is 52.4 Å². The minimum Gasteiger partial charge on any atom is -0.375 e. The second-order valence-electron chi connectivity index (χ2n) is 6.54. The summed E-state index contributed by atoms with van der Waals surface area (Å²) in [5.74, 6) is -0.0767. The Labute approximate surface area is 143 Å². The van der Waals surface area contributed by atoms with Crippen molar-refractivity contribution in [2.24, 2.45) is 0 Å². The molecule has 2 fully saturated rings. The molecule has 2 saturated heterocycles. The van der Waals surface area contributed by atoms with E-state index in [1.54, 1.807) is 13.2 Å². The summed E-state index contributed by atoms with van der Waals surface area (Å²) in [6, 6.07) is 7.37. The fourth-order valence-electron chi connectivity index (χ4n) is 3.73. The zero-order chi connectivity index (χ0) is 16.9. The average molecular weight is 335 g/mol. The van der Waals surface area contributed by atoms with Crippen molar-refractivity contribution >= 4 is 11.6 Å². The van der Waals surface area contributed by atoms with Gasteiger partial charge in [-0.1, -0.05) is 12.1 Å². The summed E-state index contributed by atoms with van der Waals surface area (Å²) in [5.41, 5.74) is 0.692. The molecule has 1 amide bonds. The molecule has 132 valence electrons. The zero-order valence-corrected chi connectivity index (χ0v) is 14.3. The SMILES string of the molecule is COCC(=O)N1CCC[C@@H](N2CCN(c3ccccc3F)CC2)C1. The van der Waals surface area contributed by atoms with Crippen LogP contribution in [0.25, 0.3) is 0 Å². The van der Waals surface area contributed by atoms with Gasteiger partial charge in [-0.3, -0.25) is 9.69 Å². The zero-order valence-electron chi connectivity index (χ0n) is 14.3. The summed E-state index contributed by atoms with van der Waals surface area (Å²) < 4.78 is 18.9. The molecule has 1 aromatic rings. The molecule has 2 heterocycles. The number of hydrogen-bond acceptors (Lipinski definition) is 4. The molecule has 1 aromatic carbocycles. The summed E-state index contributed by atoms with van der Waals surface area (Å²) in [6.45, 7) is 5.23. The van der Waals surface area contributed by atoms with Crippen molar-refractivity contribution in [3.8, 4) is 0 Å². The lowest BCUT2D eigenvalue weighted by Gasteiger charge is -2.44. The van der Waals surface area contributed by atoms with Crippen LogP contribution in [-0.2, 0) is 9.53 Å². The fraction of sp³-hybridized carbons (Fsp3) is 0.611. The third-order valence-corrected chi connectivity index (χ3v) is 5.04. The van der Waals surface area contributed by atoms with Crippen LogP contribution < -0.4 is 4.90 Å². The number of amides is 1. The Morgan fingerprint density at radius 3 is 2.67 bits per heavy atom. The molecule has 2 aliphatic rings. The highest BCUT2D eigenvalue weighted by atomic mass is 19.1. The number of rotatable bonds is 4. The summed E-state index contributed by atoms with van der Waals surface area (Å²) in [5, 5.41) is 0. The Morgan fingerprint density at radius 1 is 1.21 bits per heavy atom. The molecule has 3 rings (SSSR count). The summed E-state index contributed by atoms with van der Waals surface area (Å²) >= 11 is 0. The number of anilines is 1. The molecule has 0 aromatic heterocycles. The van der Waals surface area contributed by atoms with Gasteiger partial charge in [-0.15, -0.1) is 0 Å². The second kappa shape index (κ2) is 7.94. The summed E-state index contributed by atoms with van der Waals surface area (Å²) in [6.07, 6.45) is 2.16. The van der Waals surface area contributed by atoms with Crippen molar-refractivity contribution in [3.63, 3.8) is 0 Å². The monoisotopic (exact) mass is 335 g/mol. The van der Waals surface area contributed by atoms with Crippen LogP contribution in [0.4, 0.5) is 10.1 Å². The van der Waals surface area contributed by atoms with Gasteiger partial charge in [-0.2, -0.15) is 0 Å². The molecule has 0 N–H and O–H groups in total. The van der Waals surface area contributed by atoms with Crippen molar-refractivity contribution in [3.05, 3.63) is 30.1 Å². The van der Waals surface area contributed by atoms with Gasteiger partial charge in [0.15, 0.2) is 0 Å². The number of hydrogen-bond donors (Lipinski definition) is 0. The molecule has 0 bridgehead atoms. The summed E-state index contributed by atoms with van der Waals surface area (Å²) in [7, 11) is 1.56. The van der Waals surface area contributed by atoms with E-state index in [0.717, 1.165) is 52.1 Å². The van der Waals surface area contributed by atoms with E-state index >= 15 is 0 Å². The molecule has 24 heavy (non-hydrogen) atoms. The number of para-hydroxylation sites is 1. The van der Waals surface area contributed by atoms with Crippen molar-refractivity contribution in [1.29, 1.82) is 0 Å². The van der Waals surface area contributed by atoms with E-state index in [4.69, 9.17) is 4.74 Å². The third kappa shape index (κ3) is 3.87. The normalized spacial score (nSPS) is 22.7. The first-order valence-corrected chi connectivity index (χ1v) is 8.69. The fourth-order valence-corrected chi connectivity index (χ4v) is 3.73. The first kappa shape index (κ1) is 17.2. The van der Waals surface area contributed by atoms with Crippen molar-refractivity contribution in [2.45, 2.75) is 18.9 Å². The Hall–Kier alpha value is -1.66. The van der Waals surface area contributed by atoms with E-state index in [0.29, 0.717) is 11.7 Å². The van der Waals surface area contributed by atoms with Crippen LogP contribution in [0.3, 0.4) is 0 Å². The van der Waals surface area contributed by atoms with Crippen LogP contribution in [0.2, 0.25) is 0 Å². The molecule has 0 aliphatic carbocycles. The molecule has 0 radical (unpaired) electrons. The number of carbonyl (C=O) groups is 1. The van der Waals surface area contributed by atoms with Gasteiger partial charge in [-0.05, 0) is 25.0 Å². The highest BCUT2D eigenvalue weighted by molar-refractivity contribution is 5.77. The van der Waals surface area contributed by atoms with E-state index < -0.39 is 0 Å². The predicted octanol–water partition coefficient (Wildman–Crippen LogP) is 1.59. The molecular formula is C18H26FN3O2. The lowest BCUT2D eigenvalue weighted by molar-refractivity contribution is -0.137. The highest BCUT2D eigenvalue weighted by Gasteiger charge is 2.30. The maximum atomic E-state index is 13.9. The van der Waals surface area contributed by atoms with Crippen molar-refractivity contribution in [1.82, 2.24) is 9.80 Å². The van der Waals surface area contributed by atoms with Crippen LogP contribution in [-0.4, -0.2) is 74.7 Å². The molecule has 2 aliphatic heterocycles. The number of halogens is 1. The first-order valence-electron chi connectivity index (χ1n) is 8.69. The van der Waals surface area contributed by atoms with Crippen molar-refractivity contribution in [2.75, 3.05) is 57.9 Å². The highest BCUT2D eigenvalue weighted by Crippen LogP contribution is 2.23. The second-order valence-corrected chi connectivity index (χ2v) is 6.54. The van der Waals surface area contributed by atoms with Crippen LogP contribution in [0.15, 0.2) is 24.3 Å². The molecule has 1 atom stereocenters. The van der Waals surface area contributed by atoms with Gasteiger partial charge in [0.05, 0.1) is 5.69 Å². The molecule has 0 saturated carbocycles. The number of benzene rings is 1. The smallest absolute Gasteiger partial charge is 0.248 e. The van der Waals surface area contributed by atoms with E-state index in [2.05, 4.69) is 9.80 Å². The van der Waals surface area contributed by atoms with E-state index in [1.807, 2.05) is 17.0 Å². The number of carbonyl (C=O) groups excluding carboxylic acids is 1. The molecule has 0 spiro atoms. The number of ether oxygens (including phenoxy) is 1. The van der Waals surface area contributed by atoms with E-state index in [9.17, 15) is 9.18 Å². The largest absolute Gasteiger partial charge is 0.375 e. The number of piperazine rings is 1. The predicted molar refractivity (Wildman–Crippen MR) is 91.7 cm³/mol. The van der Waals surface area contributed by atoms with Gasteiger partial charge in [0.25, 0.3) is 0 Å². The maximum absolute atomic E-state index is 13.9. The minimum absolute atomic E-state index is 0.0761. The van der Waals surface area contributed by atoms with Crippen LogP contribution in [0.1, 0.15) is 12.8 Å². The molecule has 5 nitrogen and oxygen atoms in total. The van der Waals surface area contributed by atoms with Gasteiger partial charge < -0.3 is 14.5 Å². The lowest BCUT2D eigenvalue weighted by Crippen LogP contribution is -2.56. The number of piperidine rings is 1.